The number of hydrogen-bond acceptors (Lipinski definition) is 3. The molecule has 1 N–H and O–H groups in total. The Kier molecular flexibility index (Phi) is 4.96. The van der Waals surface area contributed by atoms with Crippen LogP contribution in [0.2, 0.25) is 0 Å². The van der Waals surface area contributed by atoms with Gasteiger partial charge in [-0.1, -0.05) is 32.1 Å². The average Bonchev–Trinajstić information content (AvgIpc) is 3.46. The Hall–Kier alpha value is -1.91. The van der Waals surface area contributed by atoms with Crippen LogP contribution in [0.1, 0.15) is 85.5 Å². The molecule has 2 aromatic heterocycles. The average molecular weight is 354 g/mol. The zero-order valence-corrected chi connectivity index (χ0v) is 16.1. The Morgan fingerprint density at radius 3 is 2.73 bits per heavy atom. The molecule has 2 heterocycles. The van der Waals surface area contributed by atoms with Crippen LogP contribution in [0.3, 0.4) is 0 Å². The van der Waals surface area contributed by atoms with Gasteiger partial charge in [0.25, 0.3) is 5.91 Å². The number of pyridine rings is 1. The highest BCUT2D eigenvalue weighted by Gasteiger charge is 2.28. The van der Waals surface area contributed by atoms with Crippen molar-refractivity contribution in [1.29, 1.82) is 0 Å². The maximum atomic E-state index is 12.9. The fourth-order valence-corrected chi connectivity index (χ4v) is 4.40. The summed E-state index contributed by atoms with van der Waals surface area (Å²) in [7, 11) is 1.91. The maximum Gasteiger partial charge on any atom is 0.252 e. The van der Waals surface area contributed by atoms with Crippen molar-refractivity contribution in [3.8, 4) is 0 Å². The number of hydrogen-bond donors (Lipinski definition) is 1. The largest absolute Gasteiger partial charge is 0.352 e. The van der Waals surface area contributed by atoms with E-state index in [0.717, 1.165) is 46.9 Å². The predicted octanol–water partition coefficient (Wildman–Crippen LogP) is 4.24. The van der Waals surface area contributed by atoms with Crippen LogP contribution in [0.15, 0.2) is 6.07 Å². The lowest BCUT2D eigenvalue weighted by Gasteiger charge is -2.21. The van der Waals surface area contributed by atoms with E-state index in [9.17, 15) is 4.79 Å². The molecule has 0 spiro atoms. The van der Waals surface area contributed by atoms with Crippen molar-refractivity contribution >= 4 is 16.9 Å². The van der Waals surface area contributed by atoms with Crippen molar-refractivity contribution in [2.45, 2.75) is 70.6 Å². The molecule has 0 radical (unpaired) electrons. The minimum absolute atomic E-state index is 0.0269. The van der Waals surface area contributed by atoms with Gasteiger partial charge in [0, 0.05) is 25.2 Å². The summed E-state index contributed by atoms with van der Waals surface area (Å²) in [5.74, 6) is 1.42. The van der Waals surface area contributed by atoms with Crippen LogP contribution in [0.5, 0.6) is 0 Å². The molecule has 5 heteroatoms. The molecule has 26 heavy (non-hydrogen) atoms. The number of rotatable bonds is 6. The van der Waals surface area contributed by atoms with Gasteiger partial charge in [-0.25, -0.2) is 4.98 Å². The van der Waals surface area contributed by atoms with Crippen LogP contribution >= 0.6 is 0 Å². The molecule has 0 aromatic carbocycles. The van der Waals surface area contributed by atoms with Gasteiger partial charge in [0.1, 0.15) is 0 Å². The number of amides is 1. The van der Waals surface area contributed by atoms with Crippen molar-refractivity contribution in [2.24, 2.45) is 13.0 Å². The van der Waals surface area contributed by atoms with Crippen molar-refractivity contribution < 1.29 is 4.79 Å². The molecule has 2 saturated carbocycles. The standard InChI is InChI=1S/C21H30N4O/c1-14-19-17(13-18(16-10-11-16)23-20(19)25(2)24-14)21(26)22-12-6-9-15-7-4-3-5-8-15/h13,15-16H,3-12H2,1-2H3,(H,22,26). The Labute approximate surface area is 155 Å². The molecular formula is C21H30N4O. The summed E-state index contributed by atoms with van der Waals surface area (Å²) in [4.78, 5) is 17.7. The number of carbonyl (C=O) groups is 1. The van der Waals surface area contributed by atoms with E-state index in [1.54, 1.807) is 4.68 Å². The van der Waals surface area contributed by atoms with Gasteiger partial charge in [0.2, 0.25) is 0 Å². The van der Waals surface area contributed by atoms with Gasteiger partial charge in [0.05, 0.1) is 16.6 Å². The predicted molar refractivity (Wildman–Crippen MR) is 103 cm³/mol. The first kappa shape index (κ1) is 17.5. The zero-order chi connectivity index (χ0) is 18.1. The molecule has 2 aliphatic rings. The van der Waals surface area contributed by atoms with Gasteiger partial charge in [-0.2, -0.15) is 5.10 Å². The number of carbonyl (C=O) groups excluding carboxylic acids is 1. The normalized spacial score (nSPS) is 18.4. The molecule has 4 rings (SSSR count). The Morgan fingerprint density at radius 1 is 1.23 bits per heavy atom. The minimum Gasteiger partial charge on any atom is -0.352 e. The van der Waals surface area contributed by atoms with E-state index in [0.29, 0.717) is 5.92 Å². The summed E-state index contributed by atoms with van der Waals surface area (Å²) < 4.78 is 1.80. The number of fused-ring (bicyclic) bond motifs is 1. The van der Waals surface area contributed by atoms with Crippen LogP contribution < -0.4 is 5.32 Å². The highest BCUT2D eigenvalue weighted by atomic mass is 16.1. The molecule has 0 aliphatic heterocycles. The van der Waals surface area contributed by atoms with Crippen LogP contribution in [-0.2, 0) is 7.05 Å². The first-order valence-corrected chi connectivity index (χ1v) is 10.3. The summed E-state index contributed by atoms with van der Waals surface area (Å²) in [6.07, 6.45) is 11.6. The fourth-order valence-electron chi connectivity index (χ4n) is 4.40. The second-order valence-electron chi connectivity index (χ2n) is 8.18. The van der Waals surface area contributed by atoms with Gasteiger partial charge in [-0.05, 0) is 44.6 Å². The summed E-state index contributed by atoms with van der Waals surface area (Å²) in [5, 5.41) is 8.54. The van der Waals surface area contributed by atoms with Gasteiger partial charge in [-0.3, -0.25) is 9.48 Å². The molecule has 0 unspecified atom stereocenters. The monoisotopic (exact) mass is 354 g/mol. The topological polar surface area (TPSA) is 59.8 Å². The van der Waals surface area contributed by atoms with Gasteiger partial charge < -0.3 is 5.32 Å². The molecule has 140 valence electrons. The quantitative estimate of drug-likeness (QED) is 0.789. The highest BCUT2D eigenvalue weighted by Crippen LogP contribution is 2.40. The molecule has 0 saturated heterocycles. The molecule has 2 fully saturated rings. The Balaban J connectivity index is 1.45. The molecule has 1 amide bonds. The first-order chi connectivity index (χ1) is 12.6. The van der Waals surface area contributed by atoms with Crippen molar-refractivity contribution in [3.63, 3.8) is 0 Å². The first-order valence-electron chi connectivity index (χ1n) is 10.3. The Morgan fingerprint density at radius 2 is 2.00 bits per heavy atom. The van der Waals surface area contributed by atoms with E-state index < -0.39 is 0 Å². The second kappa shape index (κ2) is 7.37. The third-order valence-corrected chi connectivity index (χ3v) is 6.03. The van der Waals surface area contributed by atoms with E-state index in [4.69, 9.17) is 4.98 Å². The Bertz CT molecular complexity index is 800. The van der Waals surface area contributed by atoms with Crippen LogP contribution in [0, 0.1) is 12.8 Å². The van der Waals surface area contributed by atoms with E-state index >= 15 is 0 Å². The summed E-state index contributed by atoms with van der Waals surface area (Å²) in [6.45, 7) is 2.72. The second-order valence-corrected chi connectivity index (χ2v) is 8.18. The van der Waals surface area contributed by atoms with Crippen molar-refractivity contribution in [2.75, 3.05) is 6.54 Å². The zero-order valence-electron chi connectivity index (χ0n) is 16.1. The van der Waals surface area contributed by atoms with Crippen molar-refractivity contribution in [3.05, 3.63) is 23.0 Å². The molecule has 2 aromatic rings. The summed E-state index contributed by atoms with van der Waals surface area (Å²) >= 11 is 0. The van der Waals surface area contributed by atoms with Gasteiger partial charge >= 0.3 is 0 Å². The minimum atomic E-state index is 0.0269. The molecular weight excluding hydrogens is 324 g/mol. The fraction of sp³-hybridized carbons (Fsp3) is 0.667. The van der Waals surface area contributed by atoms with Crippen LogP contribution in [0.25, 0.3) is 11.0 Å². The van der Waals surface area contributed by atoms with Gasteiger partial charge in [-0.15, -0.1) is 0 Å². The third-order valence-electron chi connectivity index (χ3n) is 6.03. The van der Waals surface area contributed by atoms with Crippen molar-refractivity contribution in [1.82, 2.24) is 20.1 Å². The number of nitrogens with zero attached hydrogens (tertiary/aromatic N) is 3. The van der Waals surface area contributed by atoms with E-state index in [-0.39, 0.29) is 5.91 Å². The van der Waals surface area contributed by atoms with Crippen LogP contribution in [-0.4, -0.2) is 27.2 Å². The highest BCUT2D eigenvalue weighted by molar-refractivity contribution is 6.06. The lowest BCUT2D eigenvalue weighted by molar-refractivity contribution is 0.0953. The molecule has 0 atom stereocenters. The summed E-state index contributed by atoms with van der Waals surface area (Å²) in [6, 6.07) is 2.01. The smallest absolute Gasteiger partial charge is 0.252 e. The third kappa shape index (κ3) is 3.62. The SMILES string of the molecule is Cc1nn(C)c2nc(C3CC3)cc(C(=O)NCCCC3CCCCC3)c12. The van der Waals surface area contributed by atoms with E-state index in [1.807, 2.05) is 20.0 Å². The molecule has 2 aliphatic carbocycles. The number of aryl methyl sites for hydroxylation is 2. The lowest BCUT2D eigenvalue weighted by atomic mass is 9.86. The van der Waals surface area contributed by atoms with E-state index in [1.165, 1.54) is 51.4 Å². The summed E-state index contributed by atoms with van der Waals surface area (Å²) in [5.41, 5.74) is 3.51. The van der Waals surface area contributed by atoms with E-state index in [2.05, 4.69) is 10.4 Å². The lowest BCUT2D eigenvalue weighted by Crippen LogP contribution is -2.25. The van der Waals surface area contributed by atoms with Gasteiger partial charge in [0.15, 0.2) is 5.65 Å². The number of nitrogens with one attached hydrogen (secondary N) is 1. The van der Waals surface area contributed by atoms with Crippen LogP contribution in [0.4, 0.5) is 0 Å². The molecule has 0 bridgehead atoms. The number of aromatic nitrogens is 3. The maximum absolute atomic E-state index is 12.9. The molecule has 5 nitrogen and oxygen atoms in total.